The van der Waals surface area contributed by atoms with Crippen LogP contribution in [0.3, 0.4) is 0 Å². The Labute approximate surface area is 112 Å². The molecule has 1 N–H and O–H groups in total. The number of halogens is 1. The number of hydrogen-bond acceptors (Lipinski definition) is 3. The van der Waals surface area contributed by atoms with Crippen molar-refractivity contribution in [3.63, 3.8) is 0 Å². The van der Waals surface area contributed by atoms with Crippen molar-refractivity contribution in [1.82, 2.24) is 4.98 Å². The third kappa shape index (κ3) is 2.43. The fraction of sp³-hybridized carbons (Fsp3) is 0.538. The second-order valence-corrected chi connectivity index (χ2v) is 5.30. The molecule has 1 aromatic heterocycles. The Morgan fingerprint density at radius 2 is 2.28 bits per heavy atom. The van der Waals surface area contributed by atoms with Crippen LogP contribution in [-0.4, -0.2) is 28.6 Å². The highest BCUT2D eigenvalue weighted by Gasteiger charge is 2.27. The molecular formula is C13H17ClN2O2. The van der Waals surface area contributed by atoms with Gasteiger partial charge >= 0.3 is 5.97 Å². The number of nitrogens with zero attached hydrogens (tertiary/aromatic N) is 2. The van der Waals surface area contributed by atoms with E-state index in [4.69, 9.17) is 16.7 Å². The number of carboxylic acids is 1. The molecule has 2 heterocycles. The van der Waals surface area contributed by atoms with E-state index in [1.807, 2.05) is 0 Å². The van der Waals surface area contributed by atoms with Crippen LogP contribution >= 0.6 is 11.6 Å². The van der Waals surface area contributed by atoms with Gasteiger partial charge in [-0.1, -0.05) is 18.5 Å². The molecule has 2 unspecified atom stereocenters. The van der Waals surface area contributed by atoms with E-state index in [-0.39, 0.29) is 5.56 Å². The van der Waals surface area contributed by atoms with Crippen molar-refractivity contribution < 1.29 is 9.90 Å². The normalized spacial score (nSPS) is 24.1. The molecule has 0 spiro atoms. The lowest BCUT2D eigenvalue weighted by atomic mass is 9.92. The van der Waals surface area contributed by atoms with E-state index in [0.29, 0.717) is 22.8 Å². The van der Waals surface area contributed by atoms with Crippen LogP contribution in [0, 0.1) is 5.92 Å². The van der Waals surface area contributed by atoms with E-state index >= 15 is 0 Å². The van der Waals surface area contributed by atoms with Gasteiger partial charge in [-0.3, -0.25) is 0 Å². The largest absolute Gasteiger partial charge is 0.478 e. The second kappa shape index (κ2) is 5.14. The molecule has 1 aliphatic heterocycles. The van der Waals surface area contributed by atoms with Gasteiger partial charge in [0.25, 0.3) is 0 Å². The third-order valence-electron chi connectivity index (χ3n) is 3.71. The molecule has 1 aromatic rings. The first-order valence-electron chi connectivity index (χ1n) is 6.16. The van der Waals surface area contributed by atoms with Crippen LogP contribution in [0.5, 0.6) is 0 Å². The Morgan fingerprint density at radius 3 is 2.89 bits per heavy atom. The molecule has 0 amide bonds. The minimum atomic E-state index is -1.00. The van der Waals surface area contributed by atoms with E-state index in [9.17, 15) is 4.79 Å². The predicted octanol–water partition coefficient (Wildman–Crippen LogP) is 3.06. The van der Waals surface area contributed by atoms with Gasteiger partial charge in [-0.25, -0.2) is 9.78 Å². The monoisotopic (exact) mass is 268 g/mol. The Bertz CT molecular complexity index is 464. The summed E-state index contributed by atoms with van der Waals surface area (Å²) in [6, 6.07) is 1.84. The van der Waals surface area contributed by atoms with Crippen LogP contribution in [0.4, 0.5) is 5.82 Å². The van der Waals surface area contributed by atoms with Gasteiger partial charge in [0.15, 0.2) is 0 Å². The summed E-state index contributed by atoms with van der Waals surface area (Å²) in [5, 5.41) is 9.31. The first-order valence-corrected chi connectivity index (χ1v) is 6.54. The van der Waals surface area contributed by atoms with Crippen molar-refractivity contribution in [1.29, 1.82) is 0 Å². The highest BCUT2D eigenvalue weighted by Crippen LogP contribution is 2.31. The number of aromatic nitrogens is 1. The molecule has 1 aliphatic rings. The van der Waals surface area contributed by atoms with Crippen molar-refractivity contribution >= 4 is 23.4 Å². The summed E-state index contributed by atoms with van der Waals surface area (Å²) in [4.78, 5) is 17.2. The van der Waals surface area contributed by atoms with Crippen LogP contribution in [0.1, 0.15) is 37.0 Å². The van der Waals surface area contributed by atoms with Crippen LogP contribution in [0.25, 0.3) is 0 Å². The average Bonchev–Trinajstić information content (AvgIpc) is 2.33. The van der Waals surface area contributed by atoms with Crippen molar-refractivity contribution in [2.24, 2.45) is 5.92 Å². The number of carboxylic acid groups (broad SMARTS) is 1. The topological polar surface area (TPSA) is 53.4 Å². The van der Waals surface area contributed by atoms with Gasteiger partial charge in [0.1, 0.15) is 5.82 Å². The summed E-state index contributed by atoms with van der Waals surface area (Å²) < 4.78 is 0. The maximum atomic E-state index is 10.8. The summed E-state index contributed by atoms with van der Waals surface area (Å²) in [5.74, 6) is 0.285. The highest BCUT2D eigenvalue weighted by molar-refractivity contribution is 6.33. The number of anilines is 1. The first kappa shape index (κ1) is 13.1. The smallest absolute Gasteiger partial charge is 0.337 e. The zero-order chi connectivity index (χ0) is 13.3. The minimum Gasteiger partial charge on any atom is -0.478 e. The van der Waals surface area contributed by atoms with Crippen LogP contribution < -0.4 is 4.90 Å². The SMILES string of the molecule is CC1CCCN(c2ncc(C(=O)O)cc2Cl)C1C. The maximum Gasteiger partial charge on any atom is 0.337 e. The highest BCUT2D eigenvalue weighted by atomic mass is 35.5. The summed E-state index contributed by atoms with van der Waals surface area (Å²) >= 11 is 6.15. The molecule has 2 atom stereocenters. The molecule has 0 radical (unpaired) electrons. The quantitative estimate of drug-likeness (QED) is 0.896. The zero-order valence-electron chi connectivity index (χ0n) is 10.6. The standard InChI is InChI=1S/C13H17ClN2O2/c1-8-4-3-5-16(9(8)2)12-11(14)6-10(7-15-12)13(17)18/h6-9H,3-5H2,1-2H3,(H,17,18). The lowest BCUT2D eigenvalue weighted by Gasteiger charge is -2.39. The van der Waals surface area contributed by atoms with Crippen LogP contribution in [0.15, 0.2) is 12.3 Å². The summed E-state index contributed by atoms with van der Waals surface area (Å²) in [7, 11) is 0. The average molecular weight is 269 g/mol. The number of pyridine rings is 1. The van der Waals surface area contributed by atoms with E-state index in [2.05, 4.69) is 23.7 Å². The van der Waals surface area contributed by atoms with Gasteiger partial charge in [-0.05, 0) is 31.7 Å². The molecule has 0 saturated carbocycles. The van der Waals surface area contributed by atoms with E-state index in [1.165, 1.54) is 18.7 Å². The Hall–Kier alpha value is -1.29. The van der Waals surface area contributed by atoms with Gasteiger partial charge in [-0.2, -0.15) is 0 Å². The molecule has 4 nitrogen and oxygen atoms in total. The van der Waals surface area contributed by atoms with Crippen molar-refractivity contribution in [2.45, 2.75) is 32.7 Å². The summed E-state index contributed by atoms with van der Waals surface area (Å²) in [5.41, 5.74) is 0.126. The Morgan fingerprint density at radius 1 is 1.56 bits per heavy atom. The van der Waals surface area contributed by atoms with Gasteiger partial charge < -0.3 is 10.0 Å². The maximum absolute atomic E-state index is 10.8. The van der Waals surface area contributed by atoms with Crippen molar-refractivity contribution in [3.05, 3.63) is 22.8 Å². The van der Waals surface area contributed by atoms with E-state index in [1.54, 1.807) is 0 Å². The number of hydrogen-bond donors (Lipinski definition) is 1. The molecule has 98 valence electrons. The molecule has 0 bridgehead atoms. The minimum absolute atomic E-state index is 0.126. The molecular weight excluding hydrogens is 252 g/mol. The third-order valence-corrected chi connectivity index (χ3v) is 3.99. The lowest BCUT2D eigenvalue weighted by molar-refractivity contribution is 0.0696. The van der Waals surface area contributed by atoms with Gasteiger partial charge in [0.05, 0.1) is 10.6 Å². The molecule has 5 heteroatoms. The van der Waals surface area contributed by atoms with Gasteiger partial charge in [0.2, 0.25) is 0 Å². The molecule has 0 aliphatic carbocycles. The van der Waals surface area contributed by atoms with E-state index < -0.39 is 5.97 Å². The van der Waals surface area contributed by atoms with Crippen LogP contribution in [-0.2, 0) is 0 Å². The fourth-order valence-electron chi connectivity index (χ4n) is 2.39. The van der Waals surface area contributed by atoms with E-state index in [0.717, 1.165) is 13.0 Å². The summed E-state index contributed by atoms with van der Waals surface area (Å²) in [6.07, 6.45) is 3.70. The lowest BCUT2D eigenvalue weighted by Crippen LogP contribution is -2.43. The Kier molecular flexibility index (Phi) is 3.76. The Balaban J connectivity index is 2.30. The molecule has 2 rings (SSSR count). The zero-order valence-corrected chi connectivity index (χ0v) is 11.3. The first-order chi connectivity index (χ1) is 8.50. The molecule has 1 saturated heterocycles. The number of rotatable bonds is 2. The predicted molar refractivity (Wildman–Crippen MR) is 71.4 cm³/mol. The fourth-order valence-corrected chi connectivity index (χ4v) is 2.67. The number of carbonyl (C=O) groups is 1. The molecule has 0 aromatic carbocycles. The summed E-state index contributed by atoms with van der Waals surface area (Å²) in [6.45, 7) is 5.30. The van der Waals surface area contributed by atoms with Crippen LogP contribution in [0.2, 0.25) is 5.02 Å². The second-order valence-electron chi connectivity index (χ2n) is 4.89. The number of aromatic carboxylic acids is 1. The van der Waals surface area contributed by atoms with Crippen molar-refractivity contribution in [3.8, 4) is 0 Å². The molecule has 18 heavy (non-hydrogen) atoms. The molecule has 1 fully saturated rings. The van der Waals surface area contributed by atoms with Gasteiger partial charge in [0, 0.05) is 18.8 Å². The number of piperidine rings is 1. The van der Waals surface area contributed by atoms with Crippen molar-refractivity contribution in [2.75, 3.05) is 11.4 Å². The van der Waals surface area contributed by atoms with Gasteiger partial charge in [-0.15, -0.1) is 0 Å².